The van der Waals surface area contributed by atoms with Crippen molar-refractivity contribution < 1.29 is 4.79 Å². The van der Waals surface area contributed by atoms with E-state index in [1.807, 2.05) is 61.7 Å². The van der Waals surface area contributed by atoms with E-state index in [9.17, 15) is 4.79 Å². The number of fused-ring (bicyclic) bond motifs is 1. The minimum atomic E-state index is -0.227. The van der Waals surface area contributed by atoms with Gasteiger partial charge in [-0.3, -0.25) is 4.98 Å². The Balaban J connectivity index is 1.70. The van der Waals surface area contributed by atoms with Crippen LogP contribution in [0.4, 0.5) is 10.5 Å². The van der Waals surface area contributed by atoms with Crippen molar-refractivity contribution in [2.45, 2.75) is 13.5 Å². The topological polar surface area (TPSA) is 54.0 Å². The SMILES string of the molecule is Cc1cc2c(NC(=O)NCc3ccc(Br)cc3)cccc2cn1. The number of aryl methyl sites for hydroxylation is 1. The monoisotopic (exact) mass is 369 g/mol. The number of nitrogens with one attached hydrogen (secondary N) is 2. The zero-order chi connectivity index (χ0) is 16.2. The fraction of sp³-hybridized carbons (Fsp3) is 0.111. The predicted molar refractivity (Wildman–Crippen MR) is 96.5 cm³/mol. The predicted octanol–water partition coefficient (Wildman–Crippen LogP) is 4.63. The number of urea groups is 1. The molecular formula is C18H16BrN3O. The zero-order valence-electron chi connectivity index (χ0n) is 12.6. The van der Waals surface area contributed by atoms with E-state index in [0.29, 0.717) is 6.54 Å². The number of rotatable bonds is 3. The fourth-order valence-electron chi connectivity index (χ4n) is 2.33. The summed E-state index contributed by atoms with van der Waals surface area (Å²) in [5.74, 6) is 0. The number of nitrogens with zero attached hydrogens (tertiary/aromatic N) is 1. The molecule has 3 rings (SSSR count). The molecule has 4 nitrogen and oxygen atoms in total. The Morgan fingerprint density at radius 1 is 1.17 bits per heavy atom. The molecular weight excluding hydrogens is 354 g/mol. The number of hydrogen-bond acceptors (Lipinski definition) is 2. The Bertz CT molecular complexity index is 847. The van der Waals surface area contributed by atoms with Crippen molar-refractivity contribution in [3.05, 3.63) is 70.5 Å². The summed E-state index contributed by atoms with van der Waals surface area (Å²) in [4.78, 5) is 16.4. The van der Waals surface area contributed by atoms with Crippen molar-refractivity contribution in [2.75, 3.05) is 5.32 Å². The molecule has 5 heteroatoms. The Morgan fingerprint density at radius 3 is 2.74 bits per heavy atom. The minimum Gasteiger partial charge on any atom is -0.334 e. The molecule has 0 aliphatic heterocycles. The maximum Gasteiger partial charge on any atom is 0.319 e. The molecule has 0 radical (unpaired) electrons. The lowest BCUT2D eigenvalue weighted by molar-refractivity contribution is 0.252. The molecule has 0 saturated heterocycles. The molecule has 0 spiro atoms. The highest BCUT2D eigenvalue weighted by molar-refractivity contribution is 9.10. The number of aromatic nitrogens is 1. The van der Waals surface area contributed by atoms with Crippen LogP contribution in [0.3, 0.4) is 0 Å². The summed E-state index contributed by atoms with van der Waals surface area (Å²) in [6.45, 7) is 2.41. The third kappa shape index (κ3) is 3.87. The molecule has 2 aromatic carbocycles. The van der Waals surface area contributed by atoms with Crippen LogP contribution in [0.15, 0.2) is 59.2 Å². The molecule has 0 aliphatic carbocycles. The molecule has 2 N–H and O–H groups in total. The van der Waals surface area contributed by atoms with E-state index in [4.69, 9.17) is 0 Å². The van der Waals surface area contributed by atoms with E-state index in [2.05, 4.69) is 31.5 Å². The standard InChI is InChI=1S/C18H16BrN3O/c1-12-9-16-14(11-20-12)3-2-4-17(16)22-18(23)21-10-13-5-7-15(19)8-6-13/h2-9,11H,10H2,1H3,(H2,21,22,23). The number of halogens is 1. The summed E-state index contributed by atoms with van der Waals surface area (Å²) in [6.07, 6.45) is 1.82. The second-order valence-corrected chi connectivity index (χ2v) is 6.20. The summed E-state index contributed by atoms with van der Waals surface area (Å²) in [7, 11) is 0. The highest BCUT2D eigenvalue weighted by Crippen LogP contribution is 2.23. The average Bonchev–Trinajstić information content (AvgIpc) is 2.55. The zero-order valence-corrected chi connectivity index (χ0v) is 14.2. The second kappa shape index (κ2) is 6.79. The molecule has 116 valence electrons. The Morgan fingerprint density at radius 2 is 1.96 bits per heavy atom. The molecule has 0 unspecified atom stereocenters. The van der Waals surface area contributed by atoms with Crippen LogP contribution in [0.1, 0.15) is 11.3 Å². The Labute approximate surface area is 143 Å². The highest BCUT2D eigenvalue weighted by Gasteiger charge is 2.06. The second-order valence-electron chi connectivity index (χ2n) is 5.29. The van der Waals surface area contributed by atoms with Gasteiger partial charge in [0, 0.05) is 33.7 Å². The van der Waals surface area contributed by atoms with Crippen molar-refractivity contribution in [1.82, 2.24) is 10.3 Å². The van der Waals surface area contributed by atoms with Gasteiger partial charge in [0.05, 0.1) is 5.69 Å². The summed E-state index contributed by atoms with van der Waals surface area (Å²) >= 11 is 3.39. The first kappa shape index (κ1) is 15.5. The van der Waals surface area contributed by atoms with Crippen molar-refractivity contribution in [3.63, 3.8) is 0 Å². The van der Waals surface area contributed by atoms with Crippen LogP contribution in [-0.2, 0) is 6.54 Å². The number of carbonyl (C=O) groups is 1. The first-order valence-corrected chi connectivity index (χ1v) is 8.06. The van der Waals surface area contributed by atoms with Gasteiger partial charge < -0.3 is 10.6 Å². The van der Waals surface area contributed by atoms with E-state index in [-0.39, 0.29) is 6.03 Å². The van der Waals surface area contributed by atoms with Gasteiger partial charge in [-0.1, -0.05) is 40.2 Å². The molecule has 0 bridgehead atoms. The van der Waals surface area contributed by atoms with Gasteiger partial charge in [0.25, 0.3) is 0 Å². The summed E-state index contributed by atoms with van der Waals surface area (Å²) in [5.41, 5.74) is 2.74. The van der Waals surface area contributed by atoms with E-state index in [1.54, 1.807) is 0 Å². The van der Waals surface area contributed by atoms with Gasteiger partial charge in [0.15, 0.2) is 0 Å². The number of amides is 2. The first-order valence-electron chi connectivity index (χ1n) is 7.26. The third-order valence-electron chi connectivity index (χ3n) is 3.51. The molecule has 2 amide bonds. The van der Waals surface area contributed by atoms with E-state index < -0.39 is 0 Å². The Kier molecular flexibility index (Phi) is 4.57. The lowest BCUT2D eigenvalue weighted by Crippen LogP contribution is -2.28. The van der Waals surface area contributed by atoms with Crippen molar-refractivity contribution in [1.29, 1.82) is 0 Å². The quantitative estimate of drug-likeness (QED) is 0.707. The molecule has 0 fully saturated rings. The van der Waals surface area contributed by atoms with E-state index in [1.165, 1.54) is 0 Å². The maximum absolute atomic E-state index is 12.1. The molecule has 0 saturated carbocycles. The first-order chi connectivity index (χ1) is 11.1. The largest absolute Gasteiger partial charge is 0.334 e. The van der Waals surface area contributed by atoms with Crippen LogP contribution in [0.5, 0.6) is 0 Å². The Hall–Kier alpha value is -2.40. The highest BCUT2D eigenvalue weighted by atomic mass is 79.9. The van der Waals surface area contributed by atoms with Gasteiger partial charge in [-0.2, -0.15) is 0 Å². The van der Waals surface area contributed by atoms with Crippen molar-refractivity contribution in [2.24, 2.45) is 0 Å². The van der Waals surface area contributed by atoms with Crippen LogP contribution in [0, 0.1) is 6.92 Å². The van der Waals surface area contributed by atoms with E-state index >= 15 is 0 Å². The van der Waals surface area contributed by atoms with Gasteiger partial charge in [-0.25, -0.2) is 4.79 Å². The minimum absolute atomic E-state index is 0.227. The number of benzene rings is 2. The molecule has 0 atom stereocenters. The lowest BCUT2D eigenvalue weighted by atomic mass is 10.1. The van der Waals surface area contributed by atoms with Gasteiger partial charge in [-0.05, 0) is 36.8 Å². The van der Waals surface area contributed by atoms with Crippen LogP contribution in [0.2, 0.25) is 0 Å². The maximum atomic E-state index is 12.1. The van der Waals surface area contributed by atoms with Crippen molar-refractivity contribution >= 4 is 38.4 Å². The normalized spacial score (nSPS) is 10.5. The summed E-state index contributed by atoms with van der Waals surface area (Å²) < 4.78 is 1.02. The number of carbonyl (C=O) groups excluding carboxylic acids is 1. The summed E-state index contributed by atoms with van der Waals surface area (Å²) in [5, 5.41) is 7.76. The lowest BCUT2D eigenvalue weighted by Gasteiger charge is -2.10. The molecule has 1 heterocycles. The molecule has 1 aromatic heterocycles. The van der Waals surface area contributed by atoms with Gasteiger partial charge in [0.2, 0.25) is 0 Å². The fourth-order valence-corrected chi connectivity index (χ4v) is 2.60. The van der Waals surface area contributed by atoms with Crippen LogP contribution in [-0.4, -0.2) is 11.0 Å². The van der Waals surface area contributed by atoms with Gasteiger partial charge in [-0.15, -0.1) is 0 Å². The summed E-state index contributed by atoms with van der Waals surface area (Å²) in [6, 6.07) is 15.4. The number of pyridine rings is 1. The smallest absolute Gasteiger partial charge is 0.319 e. The van der Waals surface area contributed by atoms with Gasteiger partial charge >= 0.3 is 6.03 Å². The average molecular weight is 370 g/mol. The van der Waals surface area contributed by atoms with Crippen molar-refractivity contribution in [3.8, 4) is 0 Å². The number of hydrogen-bond donors (Lipinski definition) is 2. The molecule has 0 aliphatic rings. The third-order valence-corrected chi connectivity index (χ3v) is 4.04. The van der Waals surface area contributed by atoms with Gasteiger partial charge in [0.1, 0.15) is 0 Å². The van der Waals surface area contributed by atoms with Crippen LogP contribution < -0.4 is 10.6 Å². The van der Waals surface area contributed by atoms with Crippen LogP contribution in [0.25, 0.3) is 10.8 Å². The van der Waals surface area contributed by atoms with Crippen LogP contribution >= 0.6 is 15.9 Å². The van der Waals surface area contributed by atoms with E-state index in [0.717, 1.165) is 32.2 Å². The number of anilines is 1. The molecule has 3 aromatic rings. The molecule has 23 heavy (non-hydrogen) atoms.